The first kappa shape index (κ1) is 27.6. The van der Waals surface area contributed by atoms with Gasteiger partial charge in [-0.25, -0.2) is 4.98 Å². The van der Waals surface area contributed by atoms with E-state index in [-0.39, 0.29) is 12.5 Å². The van der Waals surface area contributed by atoms with E-state index in [0.717, 1.165) is 51.8 Å². The van der Waals surface area contributed by atoms with Crippen LogP contribution in [-0.2, 0) is 11.2 Å². The topological polar surface area (TPSA) is 84.6 Å². The van der Waals surface area contributed by atoms with E-state index in [0.29, 0.717) is 43.3 Å². The molecule has 0 unspecified atom stereocenters. The van der Waals surface area contributed by atoms with Crippen LogP contribution in [0.4, 0.5) is 5.82 Å². The van der Waals surface area contributed by atoms with Gasteiger partial charge in [-0.1, -0.05) is 89.6 Å². The van der Waals surface area contributed by atoms with Crippen LogP contribution in [0, 0.1) is 6.92 Å². The minimum Gasteiger partial charge on any atom is -0.484 e. The number of carbonyl (C=O) groups excluding carboxylic acids is 1. The maximum absolute atomic E-state index is 13.1. The van der Waals surface area contributed by atoms with Crippen LogP contribution < -0.4 is 9.64 Å². The predicted octanol–water partition coefficient (Wildman–Crippen LogP) is 6.45. The van der Waals surface area contributed by atoms with Crippen LogP contribution in [0.1, 0.15) is 23.4 Å². The van der Waals surface area contributed by atoms with E-state index in [1.165, 1.54) is 5.56 Å². The Morgan fingerprint density at radius 3 is 2.48 bits per heavy atom. The lowest BCUT2D eigenvalue weighted by molar-refractivity contribution is -0.133. The van der Waals surface area contributed by atoms with Crippen molar-refractivity contribution in [2.75, 3.05) is 37.7 Å². The molecule has 0 atom stereocenters. The molecule has 2 aromatic heterocycles. The lowest BCUT2D eigenvalue weighted by atomic mass is 10.0. The van der Waals surface area contributed by atoms with Crippen LogP contribution in [0.5, 0.6) is 5.75 Å². The Balaban J connectivity index is 1.21. The molecule has 1 aliphatic rings. The first-order chi connectivity index (χ1) is 21.6. The summed E-state index contributed by atoms with van der Waals surface area (Å²) in [5.41, 5.74) is 4.47. The highest BCUT2D eigenvalue weighted by Crippen LogP contribution is 2.35. The summed E-state index contributed by atoms with van der Waals surface area (Å²) in [4.78, 5) is 27.2. The van der Waals surface area contributed by atoms with Gasteiger partial charge in [-0.15, -0.1) is 0 Å². The molecule has 0 radical (unpaired) electrons. The third-order valence-electron chi connectivity index (χ3n) is 8.12. The van der Waals surface area contributed by atoms with Crippen LogP contribution in [0.25, 0.3) is 33.1 Å². The Kier molecular flexibility index (Phi) is 7.63. The summed E-state index contributed by atoms with van der Waals surface area (Å²) in [6.07, 6.45) is 1.37. The lowest BCUT2D eigenvalue weighted by Crippen LogP contribution is -2.38. The van der Waals surface area contributed by atoms with Crippen molar-refractivity contribution >= 4 is 33.6 Å². The molecule has 3 heterocycles. The maximum atomic E-state index is 13.1. The maximum Gasteiger partial charge on any atom is 0.263 e. The summed E-state index contributed by atoms with van der Waals surface area (Å²) in [5, 5.41) is 7.60. The number of fused-ring (bicyclic) bond motifs is 2. The first-order valence-electron chi connectivity index (χ1n) is 15.0. The van der Waals surface area contributed by atoms with Crippen molar-refractivity contribution in [3.05, 3.63) is 114 Å². The van der Waals surface area contributed by atoms with E-state index in [1.54, 1.807) is 0 Å². The first-order valence-corrected chi connectivity index (χ1v) is 15.0. The molecule has 0 spiro atoms. The summed E-state index contributed by atoms with van der Waals surface area (Å²) in [6, 6.07) is 32.4. The summed E-state index contributed by atoms with van der Waals surface area (Å²) >= 11 is 0. The van der Waals surface area contributed by atoms with Gasteiger partial charge in [-0.3, -0.25) is 4.79 Å². The number of rotatable bonds is 7. The molecular formula is C36H33N5O3. The molecule has 4 aromatic carbocycles. The standard InChI is InChI=1S/C36H33N5O3/c1-25-12-14-26(15-13-25)22-31-37-35(41-19-7-18-40(20-21-41)32(42)24-43-30-10-3-2-4-11-30)33-34(39-44-36(33)38-31)29-17-16-27-8-5-6-9-28(27)23-29/h2-6,8-17,23H,7,18-22,24H2,1H3. The molecule has 8 heteroatoms. The zero-order chi connectivity index (χ0) is 29.9. The van der Waals surface area contributed by atoms with Gasteiger partial charge in [0.1, 0.15) is 28.5 Å². The van der Waals surface area contributed by atoms with E-state index in [2.05, 4.69) is 71.6 Å². The van der Waals surface area contributed by atoms with Gasteiger partial charge in [0.15, 0.2) is 6.61 Å². The minimum absolute atomic E-state index is 0.0141. The molecule has 0 saturated carbocycles. The molecule has 1 fully saturated rings. The van der Waals surface area contributed by atoms with Gasteiger partial charge in [-0.2, -0.15) is 4.98 Å². The van der Waals surface area contributed by atoms with Gasteiger partial charge < -0.3 is 19.1 Å². The summed E-state index contributed by atoms with van der Waals surface area (Å²) < 4.78 is 11.6. The molecule has 44 heavy (non-hydrogen) atoms. The van der Waals surface area contributed by atoms with E-state index in [9.17, 15) is 4.79 Å². The summed E-state index contributed by atoms with van der Waals surface area (Å²) in [5.74, 6) is 2.13. The largest absolute Gasteiger partial charge is 0.484 e. The average Bonchev–Trinajstić information content (AvgIpc) is 3.33. The number of ether oxygens (including phenoxy) is 1. The van der Waals surface area contributed by atoms with E-state index in [1.807, 2.05) is 47.4 Å². The summed E-state index contributed by atoms with van der Waals surface area (Å²) in [6.45, 7) is 4.66. The molecule has 6 aromatic rings. The number of aromatic nitrogens is 3. The van der Waals surface area contributed by atoms with Crippen molar-refractivity contribution in [1.82, 2.24) is 20.0 Å². The Morgan fingerprint density at radius 2 is 1.64 bits per heavy atom. The van der Waals surface area contributed by atoms with Crippen molar-refractivity contribution in [2.24, 2.45) is 0 Å². The van der Waals surface area contributed by atoms with E-state index in [4.69, 9.17) is 19.2 Å². The summed E-state index contributed by atoms with van der Waals surface area (Å²) in [7, 11) is 0. The fourth-order valence-electron chi connectivity index (χ4n) is 5.74. The van der Waals surface area contributed by atoms with Gasteiger partial charge in [0.05, 0.1) is 0 Å². The van der Waals surface area contributed by atoms with Gasteiger partial charge in [0, 0.05) is 38.2 Å². The number of para-hydroxylation sites is 1. The molecule has 1 aliphatic heterocycles. The van der Waals surface area contributed by atoms with Gasteiger partial charge in [-0.05, 0) is 47.9 Å². The average molecular weight is 584 g/mol. The highest BCUT2D eigenvalue weighted by atomic mass is 16.5. The molecule has 0 N–H and O–H groups in total. The quantitative estimate of drug-likeness (QED) is 0.213. The second kappa shape index (κ2) is 12.2. The molecule has 220 valence electrons. The van der Waals surface area contributed by atoms with Crippen LogP contribution >= 0.6 is 0 Å². The van der Waals surface area contributed by atoms with Gasteiger partial charge in [0.25, 0.3) is 11.6 Å². The number of aryl methyl sites for hydroxylation is 1. The smallest absolute Gasteiger partial charge is 0.263 e. The highest BCUT2D eigenvalue weighted by Gasteiger charge is 2.26. The zero-order valence-corrected chi connectivity index (χ0v) is 24.6. The fraction of sp³-hybridized carbons (Fsp3) is 0.222. The minimum atomic E-state index is -0.0228. The van der Waals surface area contributed by atoms with Gasteiger partial charge >= 0.3 is 0 Å². The number of anilines is 1. The van der Waals surface area contributed by atoms with Crippen LogP contribution in [0.2, 0.25) is 0 Å². The molecule has 0 aliphatic carbocycles. The fourth-order valence-corrected chi connectivity index (χ4v) is 5.74. The number of benzene rings is 4. The van der Waals surface area contributed by atoms with Crippen LogP contribution in [-0.4, -0.2) is 58.7 Å². The van der Waals surface area contributed by atoms with Crippen LogP contribution in [0.15, 0.2) is 102 Å². The second-order valence-corrected chi connectivity index (χ2v) is 11.2. The number of hydrogen-bond donors (Lipinski definition) is 0. The monoisotopic (exact) mass is 583 g/mol. The molecule has 7 rings (SSSR count). The Hall–Kier alpha value is -5.24. The van der Waals surface area contributed by atoms with E-state index < -0.39 is 0 Å². The SMILES string of the molecule is Cc1ccc(Cc2nc(N3CCCN(C(=O)COc4ccccc4)CC3)c3c(-c4ccc5ccccc5c4)noc3n2)cc1. The van der Waals surface area contributed by atoms with Crippen molar-refractivity contribution in [3.63, 3.8) is 0 Å². The normalized spacial score (nSPS) is 13.8. The van der Waals surface area contributed by atoms with Gasteiger partial charge in [0.2, 0.25) is 0 Å². The van der Waals surface area contributed by atoms with Crippen molar-refractivity contribution in [2.45, 2.75) is 19.8 Å². The van der Waals surface area contributed by atoms with Crippen molar-refractivity contribution in [1.29, 1.82) is 0 Å². The molecular weight excluding hydrogens is 550 g/mol. The highest BCUT2D eigenvalue weighted by molar-refractivity contribution is 6.00. The number of hydrogen-bond acceptors (Lipinski definition) is 7. The molecule has 0 bridgehead atoms. The number of carbonyl (C=O) groups is 1. The Morgan fingerprint density at radius 1 is 0.841 bits per heavy atom. The Bertz CT molecular complexity index is 1920. The Labute approximate surface area is 255 Å². The van der Waals surface area contributed by atoms with Crippen molar-refractivity contribution in [3.8, 4) is 17.0 Å². The van der Waals surface area contributed by atoms with E-state index >= 15 is 0 Å². The predicted molar refractivity (Wildman–Crippen MR) is 172 cm³/mol. The lowest BCUT2D eigenvalue weighted by Gasteiger charge is -2.24. The molecule has 8 nitrogen and oxygen atoms in total. The number of amides is 1. The molecule has 1 saturated heterocycles. The third-order valence-corrected chi connectivity index (χ3v) is 8.12. The second-order valence-electron chi connectivity index (χ2n) is 11.2. The zero-order valence-electron chi connectivity index (χ0n) is 24.6. The number of nitrogens with zero attached hydrogens (tertiary/aromatic N) is 5. The van der Waals surface area contributed by atoms with Crippen molar-refractivity contribution < 1.29 is 14.1 Å². The molecule has 1 amide bonds. The van der Waals surface area contributed by atoms with Crippen LogP contribution in [0.3, 0.4) is 0 Å². The third kappa shape index (κ3) is 5.83.